The molecule has 0 fully saturated rings. The number of H-pyrrole nitrogens is 1. The number of nitrogens with zero attached hydrogens (tertiary/aromatic N) is 2. The standard InChI is InChI=1S/C19H23ClN4O3S/c1-27-18(25)15(8-10-28-2)23-19(26)24-9-7-14-16(22-11-21-14)17(24)12-3-5-13(20)6-4-12/h3-6,11,15,17H,7-10H2,1-2H3,(H,21,22)(H,23,26)/t15-,17?/m0/s1. The van der Waals surface area contributed by atoms with Gasteiger partial charge in [-0.25, -0.2) is 14.6 Å². The molecule has 1 unspecified atom stereocenters. The zero-order valence-electron chi connectivity index (χ0n) is 15.8. The van der Waals surface area contributed by atoms with E-state index in [1.54, 1.807) is 35.1 Å². The van der Waals surface area contributed by atoms with Gasteiger partial charge in [0.15, 0.2) is 0 Å². The number of amides is 2. The van der Waals surface area contributed by atoms with Gasteiger partial charge in [-0.05, 0) is 36.1 Å². The van der Waals surface area contributed by atoms with Crippen molar-refractivity contribution in [3.8, 4) is 0 Å². The first-order valence-electron chi connectivity index (χ1n) is 8.96. The molecule has 2 atom stereocenters. The quantitative estimate of drug-likeness (QED) is 0.699. The number of benzene rings is 1. The number of carbonyl (C=O) groups is 2. The molecule has 1 aromatic carbocycles. The molecule has 0 spiro atoms. The van der Waals surface area contributed by atoms with Crippen LogP contribution in [0.1, 0.15) is 29.4 Å². The molecule has 0 aliphatic carbocycles. The Morgan fingerprint density at radius 2 is 2.18 bits per heavy atom. The summed E-state index contributed by atoms with van der Waals surface area (Å²) in [5.41, 5.74) is 2.73. The first-order chi connectivity index (χ1) is 13.5. The Kier molecular flexibility index (Phi) is 6.85. The van der Waals surface area contributed by atoms with Gasteiger partial charge in [0.2, 0.25) is 0 Å². The maximum atomic E-state index is 13.1. The second-order valence-electron chi connectivity index (χ2n) is 6.47. The molecule has 2 N–H and O–H groups in total. The second kappa shape index (κ2) is 9.34. The Balaban J connectivity index is 1.86. The average Bonchev–Trinajstić information content (AvgIpc) is 3.19. The summed E-state index contributed by atoms with van der Waals surface area (Å²) in [4.78, 5) is 34.5. The molecule has 2 aromatic rings. The SMILES string of the molecule is COC(=O)[C@H](CCSC)NC(=O)N1CCc2[nH]cnc2C1c1ccc(Cl)cc1. The van der Waals surface area contributed by atoms with E-state index < -0.39 is 12.0 Å². The van der Waals surface area contributed by atoms with Gasteiger partial charge in [-0.3, -0.25) is 0 Å². The molecule has 2 amide bonds. The molecule has 1 aromatic heterocycles. The van der Waals surface area contributed by atoms with Crippen molar-refractivity contribution < 1.29 is 14.3 Å². The van der Waals surface area contributed by atoms with Crippen LogP contribution >= 0.6 is 23.4 Å². The predicted octanol–water partition coefficient (Wildman–Crippen LogP) is 3.01. The van der Waals surface area contributed by atoms with Crippen LogP contribution in [0.3, 0.4) is 0 Å². The van der Waals surface area contributed by atoms with Crippen LogP contribution in [0.5, 0.6) is 0 Å². The molecule has 2 heterocycles. The summed E-state index contributed by atoms with van der Waals surface area (Å²) in [6.07, 6.45) is 4.77. The number of nitrogens with one attached hydrogen (secondary N) is 2. The van der Waals surface area contributed by atoms with E-state index in [2.05, 4.69) is 15.3 Å². The fourth-order valence-electron chi connectivity index (χ4n) is 3.34. The van der Waals surface area contributed by atoms with Crippen molar-refractivity contribution in [3.63, 3.8) is 0 Å². The van der Waals surface area contributed by atoms with Crippen LogP contribution in [0.15, 0.2) is 30.6 Å². The summed E-state index contributed by atoms with van der Waals surface area (Å²) in [5.74, 6) is 0.299. The molecule has 9 heteroatoms. The summed E-state index contributed by atoms with van der Waals surface area (Å²) in [6, 6.07) is 6.02. The molecule has 3 rings (SSSR count). The maximum absolute atomic E-state index is 13.1. The minimum absolute atomic E-state index is 0.315. The topological polar surface area (TPSA) is 87.3 Å². The van der Waals surface area contributed by atoms with Crippen molar-refractivity contribution in [1.29, 1.82) is 0 Å². The molecule has 28 heavy (non-hydrogen) atoms. The second-order valence-corrected chi connectivity index (χ2v) is 7.89. The molecular weight excluding hydrogens is 400 g/mol. The van der Waals surface area contributed by atoms with E-state index in [9.17, 15) is 9.59 Å². The largest absolute Gasteiger partial charge is 0.467 e. The summed E-state index contributed by atoms with van der Waals surface area (Å²) < 4.78 is 4.85. The van der Waals surface area contributed by atoms with Crippen LogP contribution in [0.25, 0.3) is 0 Å². The van der Waals surface area contributed by atoms with Gasteiger partial charge in [0.05, 0.1) is 19.1 Å². The Morgan fingerprint density at radius 3 is 2.86 bits per heavy atom. The van der Waals surface area contributed by atoms with Crippen LogP contribution < -0.4 is 5.32 Å². The van der Waals surface area contributed by atoms with Gasteiger partial charge in [0, 0.05) is 23.7 Å². The Labute approximate surface area is 173 Å². The third kappa shape index (κ3) is 4.44. The van der Waals surface area contributed by atoms with E-state index in [0.29, 0.717) is 24.4 Å². The summed E-state index contributed by atoms with van der Waals surface area (Å²) in [6.45, 7) is 0.505. The van der Waals surface area contributed by atoms with Gasteiger partial charge >= 0.3 is 12.0 Å². The third-order valence-electron chi connectivity index (χ3n) is 4.77. The van der Waals surface area contributed by atoms with Gasteiger partial charge < -0.3 is 19.9 Å². The number of halogens is 1. The zero-order valence-corrected chi connectivity index (χ0v) is 17.3. The number of ether oxygens (including phenoxy) is 1. The Bertz CT molecular complexity index is 827. The number of thioether (sulfide) groups is 1. The Hall–Kier alpha value is -2.19. The normalized spacial score (nSPS) is 17.0. The maximum Gasteiger partial charge on any atom is 0.328 e. The Morgan fingerprint density at radius 1 is 1.43 bits per heavy atom. The van der Waals surface area contributed by atoms with E-state index in [4.69, 9.17) is 16.3 Å². The monoisotopic (exact) mass is 422 g/mol. The van der Waals surface area contributed by atoms with E-state index in [1.807, 2.05) is 18.4 Å². The number of methoxy groups -OCH3 is 1. The lowest BCUT2D eigenvalue weighted by Gasteiger charge is -2.36. The van der Waals surface area contributed by atoms with Gasteiger partial charge in [0.1, 0.15) is 12.1 Å². The number of fused-ring (bicyclic) bond motifs is 1. The molecular formula is C19H23ClN4O3S. The van der Waals surface area contributed by atoms with Gasteiger partial charge in [-0.1, -0.05) is 23.7 Å². The van der Waals surface area contributed by atoms with Crippen molar-refractivity contribution >= 4 is 35.4 Å². The van der Waals surface area contributed by atoms with E-state index in [1.165, 1.54) is 7.11 Å². The van der Waals surface area contributed by atoms with Crippen LogP contribution in [0, 0.1) is 0 Å². The fourth-order valence-corrected chi connectivity index (χ4v) is 3.93. The number of urea groups is 1. The highest BCUT2D eigenvalue weighted by atomic mass is 35.5. The van der Waals surface area contributed by atoms with Crippen LogP contribution in [-0.2, 0) is 16.0 Å². The lowest BCUT2D eigenvalue weighted by molar-refractivity contribution is -0.142. The fraction of sp³-hybridized carbons (Fsp3) is 0.421. The van der Waals surface area contributed by atoms with Crippen molar-refractivity contribution in [2.75, 3.05) is 25.7 Å². The summed E-state index contributed by atoms with van der Waals surface area (Å²) in [7, 11) is 1.33. The van der Waals surface area contributed by atoms with Crippen LogP contribution in [0.2, 0.25) is 5.02 Å². The summed E-state index contributed by atoms with van der Waals surface area (Å²) >= 11 is 7.64. The molecule has 0 saturated heterocycles. The predicted molar refractivity (Wildman–Crippen MR) is 110 cm³/mol. The van der Waals surface area contributed by atoms with Crippen molar-refractivity contribution in [2.24, 2.45) is 0 Å². The van der Waals surface area contributed by atoms with Crippen molar-refractivity contribution in [3.05, 3.63) is 52.6 Å². The number of hydrogen-bond donors (Lipinski definition) is 2. The first-order valence-corrected chi connectivity index (χ1v) is 10.7. The molecule has 7 nitrogen and oxygen atoms in total. The average molecular weight is 423 g/mol. The van der Waals surface area contributed by atoms with E-state index >= 15 is 0 Å². The smallest absolute Gasteiger partial charge is 0.328 e. The zero-order chi connectivity index (χ0) is 20.1. The van der Waals surface area contributed by atoms with Crippen molar-refractivity contribution in [1.82, 2.24) is 20.2 Å². The number of esters is 1. The number of aromatic nitrogens is 2. The van der Waals surface area contributed by atoms with Crippen molar-refractivity contribution in [2.45, 2.75) is 24.9 Å². The number of imidazole rings is 1. The molecule has 0 saturated carbocycles. The molecule has 1 aliphatic rings. The first kappa shape index (κ1) is 20.5. The van der Waals surface area contributed by atoms with E-state index in [0.717, 1.165) is 22.7 Å². The lowest BCUT2D eigenvalue weighted by Crippen LogP contribution is -2.51. The third-order valence-corrected chi connectivity index (χ3v) is 5.66. The molecule has 0 radical (unpaired) electrons. The van der Waals surface area contributed by atoms with Gasteiger partial charge in [-0.2, -0.15) is 11.8 Å². The van der Waals surface area contributed by atoms with Gasteiger partial charge in [0.25, 0.3) is 0 Å². The highest BCUT2D eigenvalue weighted by Gasteiger charge is 2.35. The highest BCUT2D eigenvalue weighted by Crippen LogP contribution is 2.33. The summed E-state index contributed by atoms with van der Waals surface area (Å²) in [5, 5.41) is 3.47. The van der Waals surface area contributed by atoms with Gasteiger partial charge in [-0.15, -0.1) is 0 Å². The molecule has 1 aliphatic heterocycles. The molecule has 0 bridgehead atoms. The van der Waals surface area contributed by atoms with Crippen LogP contribution in [-0.4, -0.2) is 58.6 Å². The van der Waals surface area contributed by atoms with E-state index in [-0.39, 0.29) is 12.1 Å². The number of aromatic amines is 1. The number of rotatable bonds is 6. The number of carbonyl (C=O) groups excluding carboxylic acids is 2. The van der Waals surface area contributed by atoms with Crippen LogP contribution in [0.4, 0.5) is 4.79 Å². The minimum Gasteiger partial charge on any atom is -0.467 e. The highest BCUT2D eigenvalue weighted by molar-refractivity contribution is 7.98. The number of hydrogen-bond acceptors (Lipinski definition) is 5. The minimum atomic E-state index is -0.684. The lowest BCUT2D eigenvalue weighted by atomic mass is 9.96. The molecule has 150 valence electrons.